The summed E-state index contributed by atoms with van der Waals surface area (Å²) in [6.45, 7) is 0. The molecular weight excluding hydrogens is 306 g/mol. The number of nitrogens with zero attached hydrogens (tertiary/aromatic N) is 1. The molecule has 2 rings (SSSR count). The van der Waals surface area contributed by atoms with Crippen LogP contribution in [0.5, 0.6) is 5.75 Å². The summed E-state index contributed by atoms with van der Waals surface area (Å²) in [7, 11) is -4.76. The van der Waals surface area contributed by atoms with Crippen molar-refractivity contribution in [3.8, 4) is 5.75 Å². The summed E-state index contributed by atoms with van der Waals surface area (Å²) in [5.74, 6) is -3.59. The van der Waals surface area contributed by atoms with Gasteiger partial charge in [-0.2, -0.15) is 8.42 Å². The molecule has 0 bridgehead atoms. The first kappa shape index (κ1) is 14.9. The van der Waals surface area contributed by atoms with E-state index in [1.807, 2.05) is 0 Å². The quantitative estimate of drug-likeness (QED) is 0.561. The predicted molar refractivity (Wildman–Crippen MR) is 65.3 cm³/mol. The second-order valence-electron chi connectivity index (χ2n) is 4.16. The second kappa shape index (κ2) is 5.14. The molecule has 0 spiro atoms. The Morgan fingerprint density at radius 1 is 1.24 bits per heavy atom. The van der Waals surface area contributed by atoms with E-state index < -0.39 is 39.6 Å². The maximum atomic E-state index is 11.7. The average Bonchev–Trinajstić information content (AvgIpc) is 2.67. The number of rotatable bonds is 3. The molecule has 1 atom stereocenters. The molecular formula is C11H9NO8S. The second-order valence-corrected chi connectivity index (χ2v) is 5.76. The van der Waals surface area contributed by atoms with Gasteiger partial charge in [0.1, 0.15) is 5.75 Å². The summed E-state index contributed by atoms with van der Waals surface area (Å²) >= 11 is 0. The molecule has 0 aliphatic carbocycles. The number of phenolic OH excluding ortho intramolecular Hbond substituents is 1. The number of carbonyl (C=O) groups excluding carboxylic acids is 3. The summed E-state index contributed by atoms with van der Waals surface area (Å²) in [6, 6.07) is 4.74. The number of phenols is 1. The molecule has 1 aromatic rings. The lowest BCUT2D eigenvalue weighted by molar-refractivity contribution is -0.172. The topological polar surface area (TPSA) is 138 Å². The van der Waals surface area contributed by atoms with Crippen molar-refractivity contribution in [3.05, 3.63) is 29.8 Å². The lowest BCUT2D eigenvalue weighted by atomic mass is 10.2. The van der Waals surface area contributed by atoms with Gasteiger partial charge in [-0.05, 0) is 24.3 Å². The van der Waals surface area contributed by atoms with Crippen molar-refractivity contribution in [2.24, 2.45) is 0 Å². The molecule has 1 aliphatic rings. The maximum Gasteiger partial charge on any atom is 0.363 e. The van der Waals surface area contributed by atoms with Crippen LogP contribution in [-0.2, 0) is 24.5 Å². The zero-order valence-electron chi connectivity index (χ0n) is 10.3. The van der Waals surface area contributed by atoms with Crippen LogP contribution in [0.4, 0.5) is 0 Å². The van der Waals surface area contributed by atoms with Gasteiger partial charge < -0.3 is 9.94 Å². The number of hydrogen-bond acceptors (Lipinski definition) is 7. The van der Waals surface area contributed by atoms with Gasteiger partial charge in [0.25, 0.3) is 21.9 Å². The molecule has 1 saturated heterocycles. The molecule has 21 heavy (non-hydrogen) atoms. The van der Waals surface area contributed by atoms with Crippen LogP contribution < -0.4 is 0 Å². The molecule has 0 saturated carbocycles. The van der Waals surface area contributed by atoms with E-state index in [1.54, 1.807) is 0 Å². The fourth-order valence-corrected chi connectivity index (χ4v) is 2.35. The number of hydroxylamine groups is 2. The van der Waals surface area contributed by atoms with E-state index in [4.69, 9.17) is 9.66 Å². The first-order chi connectivity index (χ1) is 9.70. The number of hydrogen-bond donors (Lipinski definition) is 2. The Morgan fingerprint density at radius 3 is 2.29 bits per heavy atom. The normalized spacial score (nSPS) is 18.9. The fraction of sp³-hybridized carbons (Fsp3) is 0.182. The van der Waals surface area contributed by atoms with E-state index in [2.05, 4.69) is 4.84 Å². The van der Waals surface area contributed by atoms with E-state index >= 15 is 0 Å². The molecule has 1 fully saturated rings. The Labute approximate surface area is 118 Å². The molecule has 1 unspecified atom stereocenters. The van der Waals surface area contributed by atoms with Crippen molar-refractivity contribution in [3.63, 3.8) is 0 Å². The van der Waals surface area contributed by atoms with E-state index in [-0.39, 0.29) is 16.4 Å². The lowest BCUT2D eigenvalue weighted by Crippen LogP contribution is -2.36. The Morgan fingerprint density at radius 2 is 1.81 bits per heavy atom. The lowest BCUT2D eigenvalue weighted by Gasteiger charge is -2.13. The molecule has 0 aromatic heterocycles. The van der Waals surface area contributed by atoms with Crippen molar-refractivity contribution in [2.75, 3.05) is 0 Å². The van der Waals surface area contributed by atoms with Crippen LogP contribution >= 0.6 is 0 Å². The van der Waals surface area contributed by atoms with Crippen LogP contribution in [-0.4, -0.2) is 46.2 Å². The number of amides is 2. The van der Waals surface area contributed by atoms with Crippen molar-refractivity contribution >= 4 is 27.9 Å². The minimum atomic E-state index is -4.76. The highest BCUT2D eigenvalue weighted by molar-refractivity contribution is 7.87. The first-order valence-corrected chi connectivity index (χ1v) is 7.05. The molecule has 1 aliphatic heterocycles. The van der Waals surface area contributed by atoms with Gasteiger partial charge in [-0.15, -0.1) is 5.06 Å². The van der Waals surface area contributed by atoms with Crippen molar-refractivity contribution < 1.29 is 37.3 Å². The minimum absolute atomic E-state index is 0.00757. The van der Waals surface area contributed by atoms with Crippen molar-refractivity contribution in [2.45, 2.75) is 11.7 Å². The van der Waals surface area contributed by atoms with Crippen molar-refractivity contribution in [1.29, 1.82) is 0 Å². The third-order valence-corrected chi connectivity index (χ3v) is 3.79. The fourth-order valence-electron chi connectivity index (χ4n) is 1.64. The van der Waals surface area contributed by atoms with Gasteiger partial charge in [0.15, 0.2) is 5.25 Å². The standard InChI is InChI=1S/C11H9NO8S/c13-7-3-1-6(2-4-7)11(16)20-12-9(14)5-8(10(12)15)21(17,18)19/h1-4,8,13H,5H2,(H,17,18,19). The Kier molecular flexibility index (Phi) is 3.66. The summed E-state index contributed by atoms with van der Waals surface area (Å²) in [5.41, 5.74) is -0.0660. The smallest absolute Gasteiger partial charge is 0.363 e. The van der Waals surface area contributed by atoms with Crippen LogP contribution in [0.3, 0.4) is 0 Å². The number of benzene rings is 1. The number of carbonyl (C=O) groups is 3. The molecule has 1 aromatic carbocycles. The van der Waals surface area contributed by atoms with E-state index in [1.165, 1.54) is 24.3 Å². The Bertz CT molecular complexity index is 708. The molecule has 9 nitrogen and oxygen atoms in total. The highest BCUT2D eigenvalue weighted by Crippen LogP contribution is 2.21. The predicted octanol–water partition coefficient (Wildman–Crippen LogP) is -0.521. The van der Waals surface area contributed by atoms with Gasteiger partial charge in [0.05, 0.1) is 12.0 Å². The van der Waals surface area contributed by atoms with E-state index in [0.29, 0.717) is 0 Å². The van der Waals surface area contributed by atoms with Crippen LogP contribution in [0.15, 0.2) is 24.3 Å². The first-order valence-electron chi connectivity index (χ1n) is 5.54. The summed E-state index contributed by atoms with van der Waals surface area (Å²) in [6.07, 6.45) is -0.805. The monoisotopic (exact) mass is 315 g/mol. The summed E-state index contributed by atoms with van der Waals surface area (Å²) < 4.78 is 30.6. The largest absolute Gasteiger partial charge is 0.508 e. The van der Waals surface area contributed by atoms with Crippen LogP contribution in [0.2, 0.25) is 0 Å². The average molecular weight is 315 g/mol. The summed E-state index contributed by atoms with van der Waals surface area (Å²) in [4.78, 5) is 39.3. The molecule has 1 heterocycles. The van der Waals surface area contributed by atoms with Gasteiger partial charge in [-0.1, -0.05) is 0 Å². The highest BCUT2D eigenvalue weighted by atomic mass is 32.2. The van der Waals surface area contributed by atoms with E-state index in [9.17, 15) is 22.8 Å². The van der Waals surface area contributed by atoms with Gasteiger partial charge in [-0.3, -0.25) is 14.1 Å². The Balaban J connectivity index is 2.16. The molecule has 2 amide bonds. The summed E-state index contributed by atoms with van der Waals surface area (Å²) in [5, 5.41) is 7.10. The van der Waals surface area contributed by atoms with Gasteiger partial charge in [0, 0.05) is 0 Å². The third kappa shape index (κ3) is 3.01. The molecule has 2 N–H and O–H groups in total. The molecule has 0 radical (unpaired) electrons. The van der Waals surface area contributed by atoms with Gasteiger partial charge in [0.2, 0.25) is 0 Å². The zero-order chi connectivity index (χ0) is 15.8. The maximum absolute atomic E-state index is 11.7. The molecule has 112 valence electrons. The molecule has 10 heteroatoms. The van der Waals surface area contributed by atoms with Gasteiger partial charge in [-0.25, -0.2) is 4.79 Å². The zero-order valence-corrected chi connectivity index (χ0v) is 11.1. The highest BCUT2D eigenvalue weighted by Gasteiger charge is 2.48. The number of aromatic hydroxyl groups is 1. The minimum Gasteiger partial charge on any atom is -0.508 e. The van der Waals surface area contributed by atoms with Crippen LogP contribution in [0.1, 0.15) is 16.8 Å². The number of imide groups is 1. The van der Waals surface area contributed by atoms with Gasteiger partial charge >= 0.3 is 5.97 Å². The Hall–Kier alpha value is -2.46. The SMILES string of the molecule is O=C(ON1C(=O)CC(S(=O)(=O)O)C1=O)c1ccc(O)cc1. The third-order valence-electron chi connectivity index (χ3n) is 2.70. The van der Waals surface area contributed by atoms with Crippen LogP contribution in [0.25, 0.3) is 0 Å². The van der Waals surface area contributed by atoms with Crippen LogP contribution in [0, 0.1) is 0 Å². The van der Waals surface area contributed by atoms with E-state index in [0.717, 1.165) is 0 Å². The van der Waals surface area contributed by atoms with Crippen molar-refractivity contribution in [1.82, 2.24) is 5.06 Å².